The van der Waals surface area contributed by atoms with Gasteiger partial charge in [-0.1, -0.05) is 22.9 Å². The monoisotopic (exact) mass is 444 g/mol. The molecule has 0 bridgehead atoms. The minimum atomic E-state index is -0.544. The third kappa shape index (κ3) is 5.13. The van der Waals surface area contributed by atoms with Crippen LogP contribution in [0, 0.1) is 6.92 Å². The van der Waals surface area contributed by atoms with Gasteiger partial charge < -0.3 is 15.2 Å². The normalized spacial score (nSPS) is 10.8. The lowest BCUT2D eigenvalue weighted by molar-refractivity contribution is 0.0729. The first kappa shape index (κ1) is 21.3. The predicted octanol–water partition coefficient (Wildman–Crippen LogP) is 3.68. The highest BCUT2D eigenvalue weighted by molar-refractivity contribution is 7.17. The van der Waals surface area contributed by atoms with E-state index >= 15 is 0 Å². The van der Waals surface area contributed by atoms with Gasteiger partial charge in [-0.25, -0.2) is 15.2 Å². The molecule has 10 heteroatoms. The molecule has 8 nitrogen and oxygen atoms in total. The lowest BCUT2D eigenvalue weighted by Crippen LogP contribution is -2.17. The molecule has 1 aromatic heterocycles. The number of nitrogens with zero attached hydrogens (tertiary/aromatic N) is 2. The molecule has 0 aliphatic rings. The molecule has 3 N–H and O–H groups in total. The summed E-state index contributed by atoms with van der Waals surface area (Å²) in [5.74, 6) is -0.371. The number of amides is 1. The van der Waals surface area contributed by atoms with Crippen LogP contribution in [0.4, 0.5) is 5.13 Å². The third-order valence-electron chi connectivity index (χ3n) is 3.87. The van der Waals surface area contributed by atoms with Gasteiger partial charge in [0.25, 0.3) is 5.91 Å². The van der Waals surface area contributed by atoms with Crippen LogP contribution in [-0.4, -0.2) is 30.2 Å². The number of hydrogen-bond acceptors (Lipinski definition) is 8. The van der Waals surface area contributed by atoms with Crippen LogP contribution < -0.4 is 20.6 Å². The molecule has 0 saturated carbocycles. The van der Waals surface area contributed by atoms with Gasteiger partial charge in [0.15, 0.2) is 16.6 Å². The Labute approximate surface area is 181 Å². The van der Waals surface area contributed by atoms with Crippen molar-refractivity contribution < 1.29 is 19.1 Å². The molecule has 0 radical (unpaired) electrons. The van der Waals surface area contributed by atoms with E-state index in [2.05, 4.69) is 15.5 Å². The summed E-state index contributed by atoms with van der Waals surface area (Å²) >= 11 is 6.91. The summed E-state index contributed by atoms with van der Waals surface area (Å²) in [5.41, 5.74) is 9.53. The van der Waals surface area contributed by atoms with Crippen LogP contribution in [0.1, 0.15) is 31.3 Å². The van der Waals surface area contributed by atoms with E-state index in [1.165, 1.54) is 13.3 Å². The van der Waals surface area contributed by atoms with Crippen molar-refractivity contribution in [1.82, 2.24) is 10.4 Å². The highest BCUT2D eigenvalue weighted by Crippen LogP contribution is 2.28. The van der Waals surface area contributed by atoms with Gasteiger partial charge in [0.1, 0.15) is 4.88 Å². The number of carbonyl (C=O) groups is 2. The fraction of sp³-hybridized carbons (Fsp3) is 0.100. The fourth-order valence-corrected chi connectivity index (χ4v) is 3.29. The quantitative estimate of drug-likeness (QED) is 0.259. The molecule has 0 unspecified atom stereocenters. The number of ether oxygens (including phenoxy) is 2. The maximum atomic E-state index is 12.3. The maximum Gasteiger partial charge on any atom is 0.343 e. The Hall–Kier alpha value is -3.43. The molecule has 2 aromatic carbocycles. The van der Waals surface area contributed by atoms with Crippen LogP contribution >= 0.6 is 22.9 Å². The zero-order chi connectivity index (χ0) is 21.7. The van der Waals surface area contributed by atoms with E-state index in [0.29, 0.717) is 37.6 Å². The van der Waals surface area contributed by atoms with Gasteiger partial charge in [0.05, 0.1) is 24.6 Å². The summed E-state index contributed by atoms with van der Waals surface area (Å²) in [6.07, 6.45) is 1.44. The number of hydrogen-bond donors (Lipinski definition) is 2. The Morgan fingerprint density at radius 1 is 1.20 bits per heavy atom. The third-order valence-corrected chi connectivity index (χ3v) is 5.11. The number of benzene rings is 2. The number of nitrogens with two attached hydrogens (primary N) is 1. The fourth-order valence-electron chi connectivity index (χ4n) is 2.44. The highest BCUT2D eigenvalue weighted by Gasteiger charge is 2.14. The number of carbonyl (C=O) groups excluding carboxylic acids is 2. The number of hydrazone groups is 1. The summed E-state index contributed by atoms with van der Waals surface area (Å²) in [6.45, 7) is 1.69. The molecule has 30 heavy (non-hydrogen) atoms. The van der Waals surface area contributed by atoms with Crippen molar-refractivity contribution in [2.24, 2.45) is 5.10 Å². The van der Waals surface area contributed by atoms with E-state index in [-0.39, 0.29) is 5.75 Å². The highest BCUT2D eigenvalue weighted by atomic mass is 35.5. The summed E-state index contributed by atoms with van der Waals surface area (Å²) in [5, 5.41) is 4.76. The molecule has 0 spiro atoms. The van der Waals surface area contributed by atoms with Gasteiger partial charge >= 0.3 is 5.97 Å². The molecule has 1 heterocycles. The molecule has 3 rings (SSSR count). The zero-order valence-corrected chi connectivity index (χ0v) is 17.6. The van der Waals surface area contributed by atoms with Crippen LogP contribution in [0.25, 0.3) is 0 Å². The summed E-state index contributed by atoms with van der Waals surface area (Å²) in [4.78, 5) is 28.8. The minimum Gasteiger partial charge on any atom is -0.493 e. The smallest absolute Gasteiger partial charge is 0.343 e. The summed E-state index contributed by atoms with van der Waals surface area (Å²) < 4.78 is 10.7. The maximum absolute atomic E-state index is 12.3. The lowest BCUT2D eigenvalue weighted by Gasteiger charge is -2.10. The number of anilines is 1. The van der Waals surface area contributed by atoms with E-state index in [0.717, 1.165) is 11.3 Å². The molecule has 3 aromatic rings. The molecule has 0 saturated heterocycles. The Bertz CT molecular complexity index is 1110. The number of halogens is 1. The van der Waals surface area contributed by atoms with Crippen molar-refractivity contribution >= 4 is 46.2 Å². The van der Waals surface area contributed by atoms with Crippen LogP contribution in [0.15, 0.2) is 47.6 Å². The van der Waals surface area contributed by atoms with Gasteiger partial charge in [0, 0.05) is 5.02 Å². The molecule has 154 valence electrons. The second-order valence-electron chi connectivity index (χ2n) is 5.97. The molecule has 0 aliphatic carbocycles. The Balaban J connectivity index is 1.68. The van der Waals surface area contributed by atoms with Gasteiger partial charge in [-0.05, 0) is 55.0 Å². The minimum absolute atomic E-state index is 0.245. The molecule has 0 atom stereocenters. The van der Waals surface area contributed by atoms with Crippen molar-refractivity contribution in [3.63, 3.8) is 0 Å². The van der Waals surface area contributed by atoms with Crippen molar-refractivity contribution in [3.05, 3.63) is 69.2 Å². The molecular formula is C20H17ClN4O4S. The van der Waals surface area contributed by atoms with E-state index in [9.17, 15) is 9.59 Å². The van der Waals surface area contributed by atoms with Gasteiger partial charge in [-0.2, -0.15) is 5.10 Å². The second kappa shape index (κ2) is 9.38. The van der Waals surface area contributed by atoms with E-state index < -0.39 is 11.9 Å². The first-order chi connectivity index (χ1) is 14.4. The van der Waals surface area contributed by atoms with E-state index in [1.54, 1.807) is 49.4 Å². The number of thiazole rings is 1. The number of rotatable bonds is 6. The van der Waals surface area contributed by atoms with Crippen LogP contribution in [0.2, 0.25) is 5.02 Å². The molecule has 0 fully saturated rings. The average molecular weight is 445 g/mol. The van der Waals surface area contributed by atoms with Crippen molar-refractivity contribution in [2.45, 2.75) is 6.92 Å². The van der Waals surface area contributed by atoms with Gasteiger partial charge in [0.2, 0.25) is 0 Å². The van der Waals surface area contributed by atoms with Crippen LogP contribution in [-0.2, 0) is 0 Å². The first-order valence-electron chi connectivity index (χ1n) is 8.59. The van der Waals surface area contributed by atoms with E-state index in [4.69, 9.17) is 26.8 Å². The number of aryl methyl sites for hydroxylation is 1. The number of nitrogen functional groups attached to an aromatic ring is 1. The summed E-state index contributed by atoms with van der Waals surface area (Å²) in [6, 6.07) is 11.2. The zero-order valence-electron chi connectivity index (χ0n) is 16.0. The average Bonchev–Trinajstić information content (AvgIpc) is 3.07. The van der Waals surface area contributed by atoms with E-state index in [1.807, 2.05) is 0 Å². The number of aromatic nitrogens is 1. The molecule has 0 aliphatic heterocycles. The molecule has 1 amide bonds. The summed E-state index contributed by atoms with van der Waals surface area (Å²) in [7, 11) is 1.45. The van der Waals surface area contributed by atoms with Crippen LogP contribution in [0.5, 0.6) is 11.5 Å². The lowest BCUT2D eigenvalue weighted by atomic mass is 10.2. The SMILES string of the molecule is COc1cc(/C=N\NC(=O)c2sc(N)nc2C)ccc1OC(=O)c1ccc(Cl)cc1. The number of esters is 1. The van der Waals surface area contributed by atoms with Crippen molar-refractivity contribution in [2.75, 3.05) is 12.8 Å². The Morgan fingerprint density at radius 2 is 1.93 bits per heavy atom. The second-order valence-corrected chi connectivity index (χ2v) is 7.44. The largest absolute Gasteiger partial charge is 0.493 e. The number of nitrogens with one attached hydrogen (secondary N) is 1. The van der Waals surface area contributed by atoms with Gasteiger partial charge in [-0.15, -0.1) is 0 Å². The Morgan fingerprint density at radius 3 is 2.57 bits per heavy atom. The van der Waals surface area contributed by atoms with Crippen molar-refractivity contribution in [3.8, 4) is 11.5 Å². The topological polar surface area (TPSA) is 116 Å². The van der Waals surface area contributed by atoms with Gasteiger partial charge in [-0.3, -0.25) is 4.79 Å². The predicted molar refractivity (Wildman–Crippen MR) is 116 cm³/mol. The molecular weight excluding hydrogens is 428 g/mol. The van der Waals surface area contributed by atoms with Crippen LogP contribution in [0.3, 0.4) is 0 Å². The standard InChI is InChI=1S/C20H17ClN4O4S/c1-11-17(30-20(22)24-11)18(26)25-23-10-12-3-8-15(16(9-12)28-2)29-19(27)13-4-6-14(21)7-5-13/h3-10H,1-2H3,(H2,22,24)(H,25,26)/b23-10-. The first-order valence-corrected chi connectivity index (χ1v) is 9.79. The van der Waals surface area contributed by atoms with Crippen molar-refractivity contribution in [1.29, 1.82) is 0 Å². The Kier molecular flexibility index (Phi) is 6.65. The number of methoxy groups -OCH3 is 1.